The van der Waals surface area contributed by atoms with Crippen LogP contribution >= 0.6 is 0 Å². The van der Waals surface area contributed by atoms with Crippen molar-refractivity contribution in [3.05, 3.63) is 35.6 Å². The Morgan fingerprint density at radius 3 is 2.81 bits per heavy atom. The maximum atomic E-state index is 12.8. The lowest BCUT2D eigenvalue weighted by Gasteiger charge is -1.97. The normalized spacial score (nSPS) is 11.7. The van der Waals surface area contributed by atoms with Crippen LogP contribution in [0.5, 0.6) is 0 Å². The van der Waals surface area contributed by atoms with Gasteiger partial charge in [0.15, 0.2) is 6.04 Å². The topological polar surface area (TPSA) is 83.8 Å². The first-order valence-electron chi connectivity index (χ1n) is 4.34. The molecular formula is C11H7FN4. The highest BCUT2D eigenvalue weighted by Gasteiger charge is 2.09. The van der Waals surface area contributed by atoms with E-state index in [0.717, 1.165) is 0 Å². The first-order chi connectivity index (χ1) is 7.67. The van der Waals surface area contributed by atoms with Crippen LogP contribution in [0.15, 0.2) is 29.3 Å². The predicted molar refractivity (Wildman–Crippen MR) is 56.7 cm³/mol. The monoisotopic (exact) mass is 214 g/mol. The third-order valence-corrected chi connectivity index (χ3v) is 1.74. The molecule has 0 aliphatic carbocycles. The molecule has 0 saturated carbocycles. The van der Waals surface area contributed by atoms with Crippen LogP contribution in [0, 0.1) is 33.9 Å². The number of nitrogens with one attached hydrogen (secondary N) is 1. The highest BCUT2D eigenvalue weighted by molar-refractivity contribution is 6.03. The molecule has 0 aliphatic heterocycles. The number of aliphatic imine (C=N–C) groups is 1. The molecule has 1 aromatic rings. The van der Waals surface area contributed by atoms with Crippen molar-refractivity contribution in [2.24, 2.45) is 4.99 Å². The highest BCUT2D eigenvalue weighted by atomic mass is 19.1. The van der Waals surface area contributed by atoms with Crippen LogP contribution in [0.25, 0.3) is 0 Å². The van der Waals surface area contributed by atoms with E-state index in [-0.39, 0.29) is 0 Å². The molecule has 0 amide bonds. The molecule has 0 aromatic heterocycles. The molecule has 0 saturated heterocycles. The average Bonchev–Trinajstić information content (AvgIpc) is 2.29. The maximum absolute atomic E-state index is 12.8. The molecule has 0 fully saturated rings. The smallest absolute Gasteiger partial charge is 0.187 e. The van der Waals surface area contributed by atoms with Gasteiger partial charge in [0.25, 0.3) is 0 Å². The minimum Gasteiger partial charge on any atom is -0.291 e. The van der Waals surface area contributed by atoms with Crippen LogP contribution in [0.3, 0.4) is 0 Å². The summed E-state index contributed by atoms with van der Waals surface area (Å²) in [4.78, 5) is 3.72. The van der Waals surface area contributed by atoms with Gasteiger partial charge in [0.05, 0.1) is 6.07 Å². The van der Waals surface area contributed by atoms with Crippen molar-refractivity contribution >= 4 is 11.9 Å². The Morgan fingerprint density at radius 1 is 1.50 bits per heavy atom. The largest absolute Gasteiger partial charge is 0.291 e. The molecule has 16 heavy (non-hydrogen) atoms. The lowest BCUT2D eigenvalue weighted by molar-refractivity contribution is 0.627. The van der Waals surface area contributed by atoms with Crippen molar-refractivity contribution in [3.8, 4) is 12.1 Å². The summed E-state index contributed by atoms with van der Waals surface area (Å²) in [6.07, 6.45) is 1.27. The van der Waals surface area contributed by atoms with Gasteiger partial charge in [0.2, 0.25) is 0 Å². The first kappa shape index (κ1) is 11.5. The van der Waals surface area contributed by atoms with Gasteiger partial charge in [-0.25, -0.2) is 4.39 Å². The van der Waals surface area contributed by atoms with Crippen molar-refractivity contribution in [3.63, 3.8) is 0 Å². The molecule has 0 radical (unpaired) electrons. The lowest BCUT2D eigenvalue weighted by Crippen LogP contribution is -2.13. The van der Waals surface area contributed by atoms with Crippen LogP contribution in [-0.2, 0) is 0 Å². The molecule has 4 nitrogen and oxygen atoms in total. The standard InChI is InChI=1S/C11H7FN4/c12-9-3-1-2-8(4-9)7-16-11(6-14)10(15)5-13/h1-4,7,11,15H. The fourth-order valence-electron chi connectivity index (χ4n) is 0.981. The number of hydrogen-bond donors (Lipinski definition) is 1. The summed E-state index contributed by atoms with van der Waals surface area (Å²) in [5.74, 6) is -0.409. The zero-order valence-corrected chi connectivity index (χ0v) is 8.18. The van der Waals surface area contributed by atoms with E-state index >= 15 is 0 Å². The van der Waals surface area contributed by atoms with Gasteiger partial charge < -0.3 is 0 Å². The van der Waals surface area contributed by atoms with Crippen LogP contribution in [-0.4, -0.2) is 18.0 Å². The Hall–Kier alpha value is -2.53. The second kappa shape index (κ2) is 5.38. The maximum Gasteiger partial charge on any atom is 0.187 e. The Bertz CT molecular complexity index is 507. The zero-order valence-electron chi connectivity index (χ0n) is 8.18. The van der Waals surface area contributed by atoms with Crippen molar-refractivity contribution in [2.45, 2.75) is 6.04 Å². The van der Waals surface area contributed by atoms with E-state index < -0.39 is 17.6 Å². The molecule has 1 aromatic carbocycles. The van der Waals surface area contributed by atoms with Crippen LogP contribution in [0.1, 0.15) is 5.56 Å². The Balaban J connectivity index is 2.85. The number of nitriles is 2. The summed E-state index contributed by atoms with van der Waals surface area (Å²) < 4.78 is 12.8. The third kappa shape index (κ3) is 3.00. The molecule has 5 heteroatoms. The van der Waals surface area contributed by atoms with E-state index in [0.29, 0.717) is 5.56 Å². The number of halogens is 1. The van der Waals surface area contributed by atoms with Crippen LogP contribution in [0.4, 0.5) is 4.39 Å². The van der Waals surface area contributed by atoms with Gasteiger partial charge in [-0.3, -0.25) is 10.4 Å². The second-order valence-corrected chi connectivity index (χ2v) is 2.89. The summed E-state index contributed by atoms with van der Waals surface area (Å²) >= 11 is 0. The molecule has 1 N–H and O–H groups in total. The zero-order chi connectivity index (χ0) is 12.0. The van der Waals surface area contributed by atoms with E-state index in [1.807, 2.05) is 0 Å². The molecular weight excluding hydrogens is 207 g/mol. The molecule has 0 aliphatic rings. The lowest BCUT2D eigenvalue weighted by atomic mass is 10.2. The van der Waals surface area contributed by atoms with E-state index in [4.69, 9.17) is 15.9 Å². The molecule has 78 valence electrons. The first-order valence-corrected chi connectivity index (χ1v) is 4.34. The molecule has 1 atom stereocenters. The summed E-state index contributed by atoms with van der Waals surface area (Å²) in [5.41, 5.74) is 0.0427. The molecule has 0 bridgehead atoms. The SMILES string of the molecule is N#CC(=N)C(C#N)N=Cc1cccc(F)c1. The summed E-state index contributed by atoms with van der Waals surface area (Å²) in [6.45, 7) is 0. The molecule has 0 spiro atoms. The predicted octanol–water partition coefficient (Wildman–Crippen LogP) is 1.68. The molecule has 0 heterocycles. The van der Waals surface area contributed by atoms with Crippen LogP contribution in [0.2, 0.25) is 0 Å². The van der Waals surface area contributed by atoms with Crippen molar-refractivity contribution < 1.29 is 4.39 Å². The third-order valence-electron chi connectivity index (χ3n) is 1.74. The number of hydrogen-bond acceptors (Lipinski definition) is 4. The number of rotatable bonds is 3. The number of benzene rings is 1. The fraction of sp³-hybridized carbons (Fsp3) is 0.0909. The van der Waals surface area contributed by atoms with E-state index in [1.165, 1.54) is 30.5 Å². The van der Waals surface area contributed by atoms with Gasteiger partial charge in [0.1, 0.15) is 17.6 Å². The van der Waals surface area contributed by atoms with Crippen molar-refractivity contribution in [1.82, 2.24) is 0 Å². The van der Waals surface area contributed by atoms with Gasteiger partial charge in [-0.05, 0) is 17.7 Å². The van der Waals surface area contributed by atoms with Gasteiger partial charge in [-0.1, -0.05) is 12.1 Å². The van der Waals surface area contributed by atoms with Gasteiger partial charge in [-0.15, -0.1) is 0 Å². The average molecular weight is 214 g/mol. The van der Waals surface area contributed by atoms with Gasteiger partial charge >= 0.3 is 0 Å². The summed E-state index contributed by atoms with van der Waals surface area (Å²) in [6, 6.07) is 7.75. The minimum atomic E-state index is -1.13. The quantitative estimate of drug-likeness (QED) is 0.776. The molecule has 1 unspecified atom stereocenters. The van der Waals surface area contributed by atoms with Crippen LogP contribution < -0.4 is 0 Å². The van der Waals surface area contributed by atoms with E-state index in [2.05, 4.69) is 4.99 Å². The fourth-order valence-corrected chi connectivity index (χ4v) is 0.981. The second-order valence-electron chi connectivity index (χ2n) is 2.89. The van der Waals surface area contributed by atoms with Crippen molar-refractivity contribution in [1.29, 1.82) is 15.9 Å². The number of nitrogens with zero attached hydrogens (tertiary/aromatic N) is 3. The Labute approximate surface area is 91.8 Å². The summed E-state index contributed by atoms with van der Waals surface area (Å²) in [5, 5.41) is 24.2. The minimum absolute atomic E-state index is 0.409. The van der Waals surface area contributed by atoms with E-state index in [1.54, 1.807) is 12.1 Å². The molecule has 1 rings (SSSR count). The van der Waals surface area contributed by atoms with Gasteiger partial charge in [0, 0.05) is 6.21 Å². The Morgan fingerprint density at radius 2 is 2.25 bits per heavy atom. The van der Waals surface area contributed by atoms with E-state index in [9.17, 15) is 4.39 Å². The van der Waals surface area contributed by atoms with Gasteiger partial charge in [-0.2, -0.15) is 10.5 Å². The Kier molecular flexibility index (Phi) is 3.88. The highest BCUT2D eigenvalue weighted by Crippen LogP contribution is 2.01. The van der Waals surface area contributed by atoms with Crippen molar-refractivity contribution in [2.75, 3.05) is 0 Å². The summed E-state index contributed by atoms with van der Waals surface area (Å²) in [7, 11) is 0.